The van der Waals surface area contributed by atoms with Gasteiger partial charge in [0, 0.05) is 0 Å². The molecule has 0 radical (unpaired) electrons. The predicted molar refractivity (Wildman–Crippen MR) is 46.4 cm³/mol. The van der Waals surface area contributed by atoms with E-state index in [2.05, 4.69) is 26.8 Å². The summed E-state index contributed by atoms with van der Waals surface area (Å²) < 4.78 is 2.21. The van der Waals surface area contributed by atoms with Crippen molar-refractivity contribution in [3.05, 3.63) is 0 Å². The van der Waals surface area contributed by atoms with Crippen LogP contribution in [0, 0.1) is 28.6 Å². The van der Waals surface area contributed by atoms with E-state index in [1.54, 1.807) is 0 Å². The summed E-state index contributed by atoms with van der Waals surface area (Å²) in [6.45, 7) is 7.06. The third-order valence-corrected chi connectivity index (χ3v) is 6.42. The van der Waals surface area contributed by atoms with Gasteiger partial charge in [0.15, 0.2) is 0 Å². The molecule has 0 amide bonds. The molecule has 0 aromatic rings. The molecule has 12 heavy (non-hydrogen) atoms. The molecule has 1 fully saturated rings. The van der Waals surface area contributed by atoms with Gasteiger partial charge in [-0.2, -0.15) is 0 Å². The Morgan fingerprint density at radius 3 is 2.67 bits per heavy atom. The molecule has 1 aliphatic rings. The fraction of sp³-hybridized carbons (Fsp3) is 0.900. The van der Waals surface area contributed by atoms with Gasteiger partial charge >= 0.3 is 85.8 Å². The maximum atomic E-state index is 8.45. The number of alkyl halides is 2. The Kier molecular flexibility index (Phi) is 3.39. The molecule has 0 saturated heterocycles. The van der Waals surface area contributed by atoms with E-state index in [4.69, 9.17) is 5.26 Å². The standard InChI is InChI=1S/C10H17IN/c1-4-9-8(2)10(9,3)7-11-5-6-12/h8-9H,4-5,7H2,1-3H3/q-1/t8-,9?,10?/m0/s1. The number of nitriles is 1. The summed E-state index contributed by atoms with van der Waals surface area (Å²) in [5, 5.41) is 8.45. The minimum absolute atomic E-state index is 0.176. The minimum atomic E-state index is 0.176. The number of rotatable bonds is 4. The second-order valence-electron chi connectivity index (χ2n) is 3.92. The molecule has 2 unspecified atom stereocenters. The molecule has 0 heterocycles. The van der Waals surface area contributed by atoms with Crippen LogP contribution < -0.4 is 21.2 Å². The fourth-order valence-corrected chi connectivity index (χ4v) is 5.18. The molecule has 1 rings (SSSR count). The van der Waals surface area contributed by atoms with E-state index in [9.17, 15) is 0 Å². The van der Waals surface area contributed by atoms with Gasteiger partial charge in [0.25, 0.3) is 0 Å². The Morgan fingerprint density at radius 2 is 2.25 bits per heavy atom. The molecule has 0 aromatic heterocycles. The zero-order chi connectivity index (χ0) is 9.19. The van der Waals surface area contributed by atoms with E-state index in [0.29, 0.717) is 5.41 Å². The van der Waals surface area contributed by atoms with Crippen LogP contribution in [0.2, 0.25) is 0 Å². The van der Waals surface area contributed by atoms with Gasteiger partial charge in [-0.15, -0.1) is 0 Å². The van der Waals surface area contributed by atoms with Gasteiger partial charge in [0.2, 0.25) is 0 Å². The molecule has 1 aliphatic carbocycles. The van der Waals surface area contributed by atoms with Crippen molar-refractivity contribution < 1.29 is 21.2 Å². The Balaban J connectivity index is 2.29. The van der Waals surface area contributed by atoms with Crippen molar-refractivity contribution in [3.63, 3.8) is 0 Å². The number of hydrogen-bond donors (Lipinski definition) is 0. The van der Waals surface area contributed by atoms with Crippen LogP contribution in [-0.4, -0.2) is 8.86 Å². The molecular weight excluding hydrogens is 261 g/mol. The predicted octanol–water partition coefficient (Wildman–Crippen LogP) is -0.719. The van der Waals surface area contributed by atoms with Gasteiger partial charge in [-0.05, 0) is 0 Å². The van der Waals surface area contributed by atoms with Gasteiger partial charge in [0.05, 0.1) is 0 Å². The van der Waals surface area contributed by atoms with Crippen LogP contribution in [-0.2, 0) is 0 Å². The first-order valence-corrected chi connectivity index (χ1v) is 7.62. The van der Waals surface area contributed by atoms with Gasteiger partial charge in [0.1, 0.15) is 0 Å². The normalized spacial score (nSPS) is 39.5. The average molecular weight is 278 g/mol. The molecule has 3 atom stereocenters. The van der Waals surface area contributed by atoms with Crippen LogP contribution in [0.3, 0.4) is 0 Å². The molecule has 2 heteroatoms. The molecule has 70 valence electrons. The Bertz CT molecular complexity index is 197. The van der Waals surface area contributed by atoms with Crippen LogP contribution in [0.1, 0.15) is 27.2 Å². The number of nitrogens with zero attached hydrogens (tertiary/aromatic N) is 1. The van der Waals surface area contributed by atoms with Gasteiger partial charge < -0.3 is 0 Å². The van der Waals surface area contributed by atoms with Crippen LogP contribution in [0.15, 0.2) is 0 Å². The van der Waals surface area contributed by atoms with Crippen molar-refractivity contribution in [2.24, 2.45) is 17.3 Å². The van der Waals surface area contributed by atoms with Crippen molar-refractivity contribution in [2.75, 3.05) is 8.86 Å². The van der Waals surface area contributed by atoms with E-state index < -0.39 is 0 Å². The van der Waals surface area contributed by atoms with Gasteiger partial charge in [-0.25, -0.2) is 0 Å². The monoisotopic (exact) mass is 278 g/mol. The summed E-state index contributed by atoms with van der Waals surface area (Å²) >= 11 is 0.176. The molecule has 1 nitrogen and oxygen atoms in total. The van der Waals surface area contributed by atoms with E-state index in [1.807, 2.05) is 0 Å². The number of halogens is 1. The van der Waals surface area contributed by atoms with Crippen molar-refractivity contribution in [3.8, 4) is 6.07 Å². The fourth-order valence-electron chi connectivity index (χ4n) is 2.24. The average Bonchev–Trinajstić information content (AvgIpc) is 2.55. The molecule has 0 spiro atoms. The van der Waals surface area contributed by atoms with Gasteiger partial charge in [-0.3, -0.25) is 0 Å². The summed E-state index contributed by atoms with van der Waals surface area (Å²) in [4.78, 5) is 0. The first kappa shape index (κ1) is 10.3. The topological polar surface area (TPSA) is 23.8 Å². The molecule has 0 N–H and O–H groups in total. The summed E-state index contributed by atoms with van der Waals surface area (Å²) in [7, 11) is 0. The molecule has 0 bridgehead atoms. The SMILES string of the molecule is CCC1[C@H](C)C1(C)C[I-]CC#N. The van der Waals surface area contributed by atoms with Crippen LogP contribution >= 0.6 is 0 Å². The van der Waals surface area contributed by atoms with E-state index in [-0.39, 0.29) is 21.2 Å². The van der Waals surface area contributed by atoms with Crippen molar-refractivity contribution in [1.82, 2.24) is 0 Å². The van der Waals surface area contributed by atoms with E-state index in [0.717, 1.165) is 16.3 Å². The zero-order valence-corrected chi connectivity index (χ0v) is 10.3. The van der Waals surface area contributed by atoms with Crippen LogP contribution in [0.25, 0.3) is 0 Å². The van der Waals surface area contributed by atoms with Crippen molar-refractivity contribution >= 4 is 0 Å². The second kappa shape index (κ2) is 3.95. The summed E-state index contributed by atoms with van der Waals surface area (Å²) in [5.41, 5.74) is 0.624. The molecular formula is C10H17IN-. The third-order valence-electron chi connectivity index (χ3n) is 3.36. The summed E-state index contributed by atoms with van der Waals surface area (Å²) in [6.07, 6.45) is 1.33. The van der Waals surface area contributed by atoms with E-state index >= 15 is 0 Å². The first-order valence-electron chi connectivity index (χ1n) is 4.57. The third kappa shape index (κ3) is 1.76. The maximum absolute atomic E-state index is 8.45. The summed E-state index contributed by atoms with van der Waals surface area (Å²) in [5.74, 6) is 1.87. The molecule has 0 aromatic carbocycles. The summed E-state index contributed by atoms with van der Waals surface area (Å²) in [6, 6.07) is 2.26. The van der Waals surface area contributed by atoms with Gasteiger partial charge in [-0.1, -0.05) is 0 Å². The molecule has 1 saturated carbocycles. The first-order chi connectivity index (χ1) is 5.66. The Labute approximate surface area is 85.8 Å². The van der Waals surface area contributed by atoms with Crippen molar-refractivity contribution in [1.29, 1.82) is 5.26 Å². The van der Waals surface area contributed by atoms with Crippen LogP contribution in [0.4, 0.5) is 0 Å². The second-order valence-corrected chi connectivity index (χ2v) is 6.53. The number of hydrogen-bond acceptors (Lipinski definition) is 1. The Morgan fingerprint density at radius 1 is 1.58 bits per heavy atom. The van der Waals surface area contributed by atoms with E-state index in [1.165, 1.54) is 10.8 Å². The Hall–Kier alpha value is 0.220. The zero-order valence-electron chi connectivity index (χ0n) is 8.10. The molecule has 0 aliphatic heterocycles. The van der Waals surface area contributed by atoms with Crippen molar-refractivity contribution in [2.45, 2.75) is 27.2 Å². The quantitative estimate of drug-likeness (QED) is 0.378. The van der Waals surface area contributed by atoms with Crippen LogP contribution in [0.5, 0.6) is 0 Å².